The molecule has 0 fully saturated rings. The van der Waals surface area contributed by atoms with Crippen LogP contribution in [0, 0.1) is 0 Å². The van der Waals surface area contributed by atoms with Crippen molar-refractivity contribution in [3.8, 4) is 0 Å². The standard InChI is InChI=1S/C15H22BrNO3/c1-11(20-10-9-19-4)14(18)17-15(2,3)12-5-7-13(16)8-6-12/h5-8,11H,9-10H2,1-4H3,(H,17,18)/t11-/m0/s1. The third-order valence-electron chi connectivity index (χ3n) is 3.03. The van der Waals surface area contributed by atoms with Gasteiger partial charge < -0.3 is 14.8 Å². The van der Waals surface area contributed by atoms with E-state index in [0.29, 0.717) is 13.2 Å². The molecule has 0 saturated heterocycles. The average Bonchev–Trinajstić information content (AvgIpc) is 2.38. The molecule has 20 heavy (non-hydrogen) atoms. The second-order valence-electron chi connectivity index (χ2n) is 5.13. The molecule has 1 aromatic rings. The van der Waals surface area contributed by atoms with Crippen molar-refractivity contribution in [3.63, 3.8) is 0 Å². The Kier molecular flexibility index (Phi) is 6.65. The van der Waals surface area contributed by atoms with E-state index in [9.17, 15) is 4.79 Å². The average molecular weight is 344 g/mol. The maximum absolute atomic E-state index is 12.1. The highest BCUT2D eigenvalue weighted by Crippen LogP contribution is 2.22. The molecule has 0 saturated carbocycles. The molecular weight excluding hydrogens is 322 g/mol. The van der Waals surface area contributed by atoms with Gasteiger partial charge >= 0.3 is 0 Å². The van der Waals surface area contributed by atoms with Crippen LogP contribution in [0.15, 0.2) is 28.7 Å². The van der Waals surface area contributed by atoms with E-state index in [1.165, 1.54) is 0 Å². The van der Waals surface area contributed by atoms with Gasteiger partial charge in [0.25, 0.3) is 0 Å². The van der Waals surface area contributed by atoms with E-state index in [1.54, 1.807) is 14.0 Å². The molecule has 5 heteroatoms. The monoisotopic (exact) mass is 343 g/mol. The van der Waals surface area contributed by atoms with Crippen LogP contribution in [0.5, 0.6) is 0 Å². The molecular formula is C15H22BrNO3. The molecule has 0 spiro atoms. The van der Waals surface area contributed by atoms with E-state index < -0.39 is 11.6 Å². The van der Waals surface area contributed by atoms with E-state index in [2.05, 4.69) is 21.2 Å². The number of nitrogens with one attached hydrogen (secondary N) is 1. The van der Waals surface area contributed by atoms with E-state index in [1.807, 2.05) is 38.1 Å². The Balaban J connectivity index is 2.60. The highest BCUT2D eigenvalue weighted by atomic mass is 79.9. The van der Waals surface area contributed by atoms with Crippen LogP contribution in [0.4, 0.5) is 0 Å². The Bertz CT molecular complexity index is 431. The van der Waals surface area contributed by atoms with Gasteiger partial charge in [0.1, 0.15) is 6.10 Å². The molecule has 112 valence electrons. The Morgan fingerprint density at radius 1 is 1.30 bits per heavy atom. The number of rotatable bonds is 7. The Labute approximate surface area is 129 Å². The first-order chi connectivity index (χ1) is 9.36. The predicted octanol–water partition coefficient (Wildman–Crippen LogP) is 2.85. The number of carbonyl (C=O) groups excluding carboxylic acids is 1. The van der Waals surface area contributed by atoms with Gasteiger partial charge in [-0.1, -0.05) is 28.1 Å². The first kappa shape index (κ1) is 17.1. The van der Waals surface area contributed by atoms with Crippen molar-refractivity contribution in [1.29, 1.82) is 0 Å². The zero-order valence-corrected chi connectivity index (χ0v) is 14.0. The van der Waals surface area contributed by atoms with Crippen molar-refractivity contribution >= 4 is 21.8 Å². The minimum absolute atomic E-state index is 0.131. The lowest BCUT2D eigenvalue weighted by Gasteiger charge is -2.28. The lowest BCUT2D eigenvalue weighted by molar-refractivity contribution is -0.134. The van der Waals surface area contributed by atoms with Gasteiger partial charge in [0.2, 0.25) is 5.91 Å². The van der Waals surface area contributed by atoms with E-state index >= 15 is 0 Å². The molecule has 1 atom stereocenters. The third-order valence-corrected chi connectivity index (χ3v) is 3.55. The number of benzene rings is 1. The second-order valence-corrected chi connectivity index (χ2v) is 6.04. The fraction of sp³-hybridized carbons (Fsp3) is 0.533. The zero-order chi connectivity index (χ0) is 15.2. The summed E-state index contributed by atoms with van der Waals surface area (Å²) in [7, 11) is 1.60. The van der Waals surface area contributed by atoms with Crippen LogP contribution in [-0.2, 0) is 19.8 Å². The highest BCUT2D eigenvalue weighted by molar-refractivity contribution is 9.10. The molecule has 1 N–H and O–H groups in total. The summed E-state index contributed by atoms with van der Waals surface area (Å²) in [4.78, 5) is 12.1. The molecule has 0 aliphatic carbocycles. The summed E-state index contributed by atoms with van der Waals surface area (Å²) in [6.45, 7) is 6.56. The molecule has 4 nitrogen and oxygen atoms in total. The van der Waals surface area contributed by atoms with Gasteiger partial charge in [0.15, 0.2) is 0 Å². The van der Waals surface area contributed by atoms with E-state index in [-0.39, 0.29) is 5.91 Å². The number of ether oxygens (including phenoxy) is 2. The largest absolute Gasteiger partial charge is 0.382 e. The molecule has 0 radical (unpaired) electrons. The van der Waals surface area contributed by atoms with Gasteiger partial charge in [-0.2, -0.15) is 0 Å². The lowest BCUT2D eigenvalue weighted by atomic mass is 9.94. The van der Waals surface area contributed by atoms with Gasteiger partial charge in [-0.05, 0) is 38.5 Å². The van der Waals surface area contributed by atoms with Crippen molar-refractivity contribution in [2.24, 2.45) is 0 Å². The van der Waals surface area contributed by atoms with Crippen molar-refractivity contribution in [3.05, 3.63) is 34.3 Å². The molecule has 0 aromatic heterocycles. The molecule has 0 heterocycles. The number of amides is 1. The van der Waals surface area contributed by atoms with Crippen LogP contribution in [0.2, 0.25) is 0 Å². The minimum atomic E-state index is -0.500. The zero-order valence-electron chi connectivity index (χ0n) is 12.4. The smallest absolute Gasteiger partial charge is 0.249 e. The molecule has 0 unspecified atom stereocenters. The fourth-order valence-corrected chi connectivity index (χ4v) is 2.00. The maximum atomic E-state index is 12.1. The summed E-state index contributed by atoms with van der Waals surface area (Å²) in [6.07, 6.45) is -0.500. The molecule has 0 bridgehead atoms. The van der Waals surface area contributed by atoms with E-state index in [4.69, 9.17) is 9.47 Å². The number of hydrogen-bond donors (Lipinski definition) is 1. The molecule has 1 amide bonds. The van der Waals surface area contributed by atoms with Gasteiger partial charge in [0.05, 0.1) is 18.8 Å². The quantitative estimate of drug-likeness (QED) is 0.774. The van der Waals surface area contributed by atoms with Crippen LogP contribution in [0.3, 0.4) is 0 Å². The van der Waals surface area contributed by atoms with E-state index in [0.717, 1.165) is 10.0 Å². The Morgan fingerprint density at radius 3 is 2.45 bits per heavy atom. The number of methoxy groups -OCH3 is 1. The Morgan fingerprint density at radius 2 is 1.90 bits per heavy atom. The summed E-state index contributed by atoms with van der Waals surface area (Å²) in [6, 6.07) is 7.89. The van der Waals surface area contributed by atoms with Crippen LogP contribution in [0.1, 0.15) is 26.3 Å². The van der Waals surface area contributed by atoms with Gasteiger partial charge in [0, 0.05) is 11.6 Å². The summed E-state index contributed by atoms with van der Waals surface area (Å²) < 4.78 is 11.3. The van der Waals surface area contributed by atoms with Crippen LogP contribution >= 0.6 is 15.9 Å². The number of carbonyl (C=O) groups is 1. The SMILES string of the molecule is COCCO[C@@H](C)C(=O)NC(C)(C)c1ccc(Br)cc1. The second kappa shape index (κ2) is 7.76. The van der Waals surface area contributed by atoms with Crippen molar-refractivity contribution in [2.45, 2.75) is 32.4 Å². The molecule has 0 aliphatic heterocycles. The topological polar surface area (TPSA) is 47.6 Å². The summed E-state index contributed by atoms with van der Waals surface area (Å²) >= 11 is 3.40. The summed E-state index contributed by atoms with van der Waals surface area (Å²) in [5.41, 5.74) is 0.592. The third kappa shape index (κ3) is 5.23. The van der Waals surface area contributed by atoms with Crippen molar-refractivity contribution in [2.75, 3.05) is 20.3 Å². The summed E-state index contributed by atoms with van der Waals surface area (Å²) in [5, 5.41) is 3.00. The molecule has 0 aliphatic rings. The molecule has 1 aromatic carbocycles. The molecule has 1 rings (SSSR count). The van der Waals surface area contributed by atoms with Crippen molar-refractivity contribution in [1.82, 2.24) is 5.32 Å². The Hall–Kier alpha value is -0.910. The minimum Gasteiger partial charge on any atom is -0.382 e. The van der Waals surface area contributed by atoms with Crippen LogP contribution < -0.4 is 5.32 Å². The predicted molar refractivity (Wildman–Crippen MR) is 82.6 cm³/mol. The van der Waals surface area contributed by atoms with Crippen LogP contribution in [-0.4, -0.2) is 32.3 Å². The fourth-order valence-electron chi connectivity index (χ4n) is 1.73. The van der Waals surface area contributed by atoms with Gasteiger partial charge in [-0.15, -0.1) is 0 Å². The first-order valence-electron chi connectivity index (χ1n) is 6.55. The number of halogens is 1. The normalized spacial score (nSPS) is 13.1. The maximum Gasteiger partial charge on any atom is 0.249 e. The lowest BCUT2D eigenvalue weighted by Crippen LogP contribution is -2.46. The van der Waals surface area contributed by atoms with Crippen LogP contribution in [0.25, 0.3) is 0 Å². The first-order valence-corrected chi connectivity index (χ1v) is 7.34. The van der Waals surface area contributed by atoms with Gasteiger partial charge in [-0.3, -0.25) is 4.79 Å². The summed E-state index contributed by atoms with van der Waals surface area (Å²) in [5.74, 6) is -0.131. The highest BCUT2D eigenvalue weighted by Gasteiger charge is 2.25. The van der Waals surface area contributed by atoms with Crippen molar-refractivity contribution < 1.29 is 14.3 Å². The van der Waals surface area contributed by atoms with Gasteiger partial charge in [-0.25, -0.2) is 0 Å². The number of hydrogen-bond acceptors (Lipinski definition) is 3.